The second kappa shape index (κ2) is 6.56. The Balaban J connectivity index is 4.38. The Morgan fingerprint density at radius 3 is 2.17 bits per heavy atom. The smallest absolute Gasteiger partial charge is 0.0547 e. The molecule has 0 saturated heterocycles. The molecule has 0 spiro atoms. The van der Waals surface area contributed by atoms with Crippen molar-refractivity contribution in [1.29, 1.82) is 0 Å². The molecular weight excluding hydrogens is 191 g/mol. The largest absolute Gasteiger partial charge is 0.0878 e. The van der Waals surface area contributed by atoms with Crippen molar-refractivity contribution in [3.63, 3.8) is 0 Å². The molecule has 70 valence electrons. The molecule has 0 rings (SSSR count). The Morgan fingerprint density at radius 2 is 1.83 bits per heavy atom. The van der Waals surface area contributed by atoms with Crippen LogP contribution in [0.5, 0.6) is 0 Å². The van der Waals surface area contributed by atoms with Crippen molar-refractivity contribution >= 4 is 23.2 Å². The van der Waals surface area contributed by atoms with Gasteiger partial charge in [0.2, 0.25) is 0 Å². The van der Waals surface area contributed by atoms with Crippen LogP contribution in [0.4, 0.5) is 0 Å². The molecule has 0 atom stereocenters. The van der Waals surface area contributed by atoms with E-state index in [2.05, 4.69) is 13.8 Å². The lowest BCUT2D eigenvalue weighted by molar-refractivity contribution is 0.858. The van der Waals surface area contributed by atoms with E-state index in [9.17, 15) is 0 Å². The summed E-state index contributed by atoms with van der Waals surface area (Å²) in [4.78, 5) is 0. The van der Waals surface area contributed by atoms with Crippen molar-refractivity contribution in [3.05, 3.63) is 21.7 Å². The SMILES string of the molecule is CCC/C(=C/C(Cl)=C(\C)Cl)CC. The predicted molar refractivity (Wildman–Crippen MR) is 57.7 cm³/mol. The van der Waals surface area contributed by atoms with E-state index >= 15 is 0 Å². The summed E-state index contributed by atoms with van der Waals surface area (Å²) in [5, 5.41) is 1.33. The van der Waals surface area contributed by atoms with Crippen LogP contribution in [0.15, 0.2) is 21.7 Å². The molecular formula is C10H16Cl2. The van der Waals surface area contributed by atoms with Crippen LogP contribution in [0, 0.1) is 0 Å². The molecule has 0 aliphatic carbocycles. The first-order chi connectivity index (χ1) is 5.61. The van der Waals surface area contributed by atoms with E-state index in [0.717, 1.165) is 19.3 Å². The highest BCUT2D eigenvalue weighted by molar-refractivity contribution is 6.39. The number of hydrogen-bond donors (Lipinski definition) is 0. The van der Waals surface area contributed by atoms with Crippen LogP contribution in [0.1, 0.15) is 40.0 Å². The van der Waals surface area contributed by atoms with Crippen molar-refractivity contribution in [3.8, 4) is 0 Å². The summed E-state index contributed by atoms with van der Waals surface area (Å²) in [5.41, 5.74) is 1.36. The van der Waals surface area contributed by atoms with Crippen molar-refractivity contribution in [2.75, 3.05) is 0 Å². The molecule has 0 radical (unpaired) electrons. The summed E-state index contributed by atoms with van der Waals surface area (Å²) >= 11 is 11.6. The third-order valence-corrected chi connectivity index (χ3v) is 2.38. The molecule has 0 nitrogen and oxygen atoms in total. The first kappa shape index (κ1) is 12.1. The van der Waals surface area contributed by atoms with Gasteiger partial charge in [-0.3, -0.25) is 0 Å². The number of allylic oxidation sites excluding steroid dienone is 4. The molecule has 0 aromatic rings. The molecule has 0 heterocycles. The average molecular weight is 207 g/mol. The minimum absolute atomic E-state index is 0.665. The lowest BCUT2D eigenvalue weighted by Gasteiger charge is -2.01. The molecule has 12 heavy (non-hydrogen) atoms. The molecule has 0 aromatic carbocycles. The van der Waals surface area contributed by atoms with Crippen LogP contribution < -0.4 is 0 Å². The summed E-state index contributed by atoms with van der Waals surface area (Å²) in [6, 6.07) is 0. The summed E-state index contributed by atoms with van der Waals surface area (Å²) in [6.45, 7) is 6.10. The van der Waals surface area contributed by atoms with Crippen molar-refractivity contribution in [1.82, 2.24) is 0 Å². The molecule has 0 bridgehead atoms. The second-order valence-corrected chi connectivity index (χ2v) is 3.76. The molecule has 0 amide bonds. The Hall–Kier alpha value is 0.0600. The fraction of sp³-hybridized carbons (Fsp3) is 0.600. The standard InChI is InChI=1S/C10H16Cl2/c1-4-6-9(5-2)7-10(12)8(3)11/h7H,4-6H2,1-3H3/b9-7+,10-8-. The van der Waals surface area contributed by atoms with E-state index in [1.165, 1.54) is 5.57 Å². The zero-order valence-electron chi connectivity index (χ0n) is 7.95. The topological polar surface area (TPSA) is 0 Å². The van der Waals surface area contributed by atoms with Gasteiger partial charge < -0.3 is 0 Å². The zero-order valence-corrected chi connectivity index (χ0v) is 9.47. The van der Waals surface area contributed by atoms with Crippen LogP contribution in [0.2, 0.25) is 0 Å². The third kappa shape index (κ3) is 4.84. The molecule has 0 unspecified atom stereocenters. The van der Waals surface area contributed by atoms with Gasteiger partial charge in [0.15, 0.2) is 0 Å². The summed E-state index contributed by atoms with van der Waals surface area (Å²) in [7, 11) is 0. The highest BCUT2D eigenvalue weighted by Gasteiger charge is 1.96. The number of rotatable bonds is 4. The molecule has 0 fully saturated rings. The fourth-order valence-electron chi connectivity index (χ4n) is 0.951. The van der Waals surface area contributed by atoms with E-state index in [1.54, 1.807) is 6.92 Å². The number of halogens is 2. The van der Waals surface area contributed by atoms with Crippen molar-refractivity contribution in [2.24, 2.45) is 0 Å². The van der Waals surface area contributed by atoms with Gasteiger partial charge in [0.1, 0.15) is 0 Å². The minimum atomic E-state index is 0.665. The normalized spacial score (nSPS) is 14.6. The number of hydrogen-bond acceptors (Lipinski definition) is 0. The van der Waals surface area contributed by atoms with Gasteiger partial charge in [0.25, 0.3) is 0 Å². The molecule has 0 aromatic heterocycles. The summed E-state index contributed by atoms with van der Waals surface area (Å²) < 4.78 is 0. The monoisotopic (exact) mass is 206 g/mol. The van der Waals surface area contributed by atoms with Crippen LogP contribution in [0.3, 0.4) is 0 Å². The Kier molecular flexibility index (Phi) is 6.60. The van der Waals surface area contributed by atoms with E-state index < -0.39 is 0 Å². The Bertz CT molecular complexity index is 186. The predicted octanol–water partition coefficient (Wildman–Crippen LogP) is 4.83. The average Bonchev–Trinajstić information content (AvgIpc) is 2.03. The Labute approximate surface area is 85.3 Å². The van der Waals surface area contributed by atoms with Gasteiger partial charge in [0.05, 0.1) is 5.03 Å². The summed E-state index contributed by atoms with van der Waals surface area (Å²) in [6.07, 6.45) is 5.30. The van der Waals surface area contributed by atoms with Gasteiger partial charge >= 0.3 is 0 Å². The Morgan fingerprint density at radius 1 is 1.25 bits per heavy atom. The van der Waals surface area contributed by atoms with Crippen LogP contribution >= 0.6 is 23.2 Å². The molecule has 0 N–H and O–H groups in total. The van der Waals surface area contributed by atoms with Gasteiger partial charge in [0, 0.05) is 5.03 Å². The highest BCUT2D eigenvalue weighted by atomic mass is 35.5. The van der Waals surface area contributed by atoms with Gasteiger partial charge in [-0.15, -0.1) is 0 Å². The van der Waals surface area contributed by atoms with E-state index in [4.69, 9.17) is 23.2 Å². The minimum Gasteiger partial charge on any atom is -0.0878 e. The van der Waals surface area contributed by atoms with Gasteiger partial charge in [-0.2, -0.15) is 0 Å². The van der Waals surface area contributed by atoms with E-state index in [-0.39, 0.29) is 0 Å². The van der Waals surface area contributed by atoms with Crippen LogP contribution in [0.25, 0.3) is 0 Å². The van der Waals surface area contributed by atoms with E-state index in [0.29, 0.717) is 10.1 Å². The van der Waals surface area contributed by atoms with Gasteiger partial charge in [-0.05, 0) is 25.8 Å². The first-order valence-electron chi connectivity index (χ1n) is 4.33. The molecule has 0 aliphatic rings. The maximum Gasteiger partial charge on any atom is 0.0547 e. The second-order valence-electron chi connectivity index (χ2n) is 2.79. The quantitative estimate of drug-likeness (QED) is 0.579. The summed E-state index contributed by atoms with van der Waals surface area (Å²) in [5.74, 6) is 0. The molecule has 0 aliphatic heterocycles. The molecule has 2 heteroatoms. The fourth-order valence-corrected chi connectivity index (χ4v) is 1.16. The van der Waals surface area contributed by atoms with Crippen molar-refractivity contribution < 1.29 is 0 Å². The maximum absolute atomic E-state index is 5.90. The maximum atomic E-state index is 5.90. The molecule has 0 saturated carbocycles. The lowest BCUT2D eigenvalue weighted by Crippen LogP contribution is -1.81. The zero-order chi connectivity index (χ0) is 9.56. The van der Waals surface area contributed by atoms with Gasteiger partial charge in [-0.25, -0.2) is 0 Å². The van der Waals surface area contributed by atoms with Crippen LogP contribution in [-0.2, 0) is 0 Å². The van der Waals surface area contributed by atoms with Gasteiger partial charge in [-0.1, -0.05) is 49.0 Å². The third-order valence-electron chi connectivity index (χ3n) is 1.69. The lowest BCUT2D eigenvalue weighted by atomic mass is 10.1. The van der Waals surface area contributed by atoms with E-state index in [1.807, 2.05) is 6.08 Å². The highest BCUT2D eigenvalue weighted by Crippen LogP contribution is 2.19. The first-order valence-corrected chi connectivity index (χ1v) is 5.08. The van der Waals surface area contributed by atoms with Crippen molar-refractivity contribution in [2.45, 2.75) is 40.0 Å². The van der Waals surface area contributed by atoms with Crippen LogP contribution in [-0.4, -0.2) is 0 Å².